The van der Waals surface area contributed by atoms with Crippen molar-refractivity contribution in [2.75, 3.05) is 19.3 Å². The summed E-state index contributed by atoms with van der Waals surface area (Å²) in [6.45, 7) is 1.30. The van der Waals surface area contributed by atoms with Crippen LogP contribution in [0.5, 0.6) is 0 Å². The summed E-state index contributed by atoms with van der Waals surface area (Å²) < 4.78 is 42.1. The van der Waals surface area contributed by atoms with Gasteiger partial charge in [-0.05, 0) is 55.5 Å². The minimum atomic E-state index is -3.46. The first-order valence-electron chi connectivity index (χ1n) is 9.65. The van der Waals surface area contributed by atoms with E-state index in [2.05, 4.69) is 10.3 Å². The molecule has 1 amide bonds. The standard InChI is InChI=1S/C20H21FN4O3S3/c1-29-20-23-13-17(25(20)15-6-4-14(21)5-7-15)19(26)22-12-16-8-9-18(30-16)31(27,28)24-10-2-3-11-24/h4-9,13H,2-3,10-12H2,1H3,(H,22,26). The SMILES string of the molecule is CSc1ncc(C(=O)NCc2ccc(S(=O)(=O)N3CCCC3)s2)n1-c1ccc(F)cc1. The van der Waals surface area contributed by atoms with Crippen molar-refractivity contribution in [1.82, 2.24) is 19.2 Å². The zero-order valence-corrected chi connectivity index (χ0v) is 19.2. The van der Waals surface area contributed by atoms with Crippen molar-refractivity contribution in [3.05, 3.63) is 59.0 Å². The van der Waals surface area contributed by atoms with E-state index in [1.54, 1.807) is 28.8 Å². The van der Waals surface area contributed by atoms with E-state index in [9.17, 15) is 17.6 Å². The van der Waals surface area contributed by atoms with Crippen molar-refractivity contribution < 1.29 is 17.6 Å². The fraction of sp³-hybridized carbons (Fsp3) is 0.300. The smallest absolute Gasteiger partial charge is 0.270 e. The van der Waals surface area contributed by atoms with Gasteiger partial charge in [-0.3, -0.25) is 9.36 Å². The van der Waals surface area contributed by atoms with E-state index in [-0.39, 0.29) is 18.3 Å². The molecular weight excluding hydrogens is 459 g/mol. The molecule has 0 unspecified atom stereocenters. The Balaban J connectivity index is 1.49. The molecule has 1 N–H and O–H groups in total. The molecule has 0 saturated carbocycles. The van der Waals surface area contributed by atoms with E-state index in [1.165, 1.54) is 34.4 Å². The van der Waals surface area contributed by atoms with Crippen LogP contribution in [0.1, 0.15) is 28.2 Å². The molecule has 2 aromatic heterocycles. The average molecular weight is 481 g/mol. The summed E-state index contributed by atoms with van der Waals surface area (Å²) in [6, 6.07) is 9.14. The van der Waals surface area contributed by atoms with E-state index >= 15 is 0 Å². The van der Waals surface area contributed by atoms with Crippen LogP contribution in [-0.2, 0) is 16.6 Å². The number of aromatic nitrogens is 2. The third kappa shape index (κ3) is 4.54. The molecule has 1 saturated heterocycles. The van der Waals surface area contributed by atoms with E-state index < -0.39 is 10.0 Å². The lowest BCUT2D eigenvalue weighted by molar-refractivity contribution is 0.0944. The molecule has 1 aromatic carbocycles. The normalized spacial score (nSPS) is 14.8. The number of carbonyl (C=O) groups excluding carboxylic acids is 1. The van der Waals surface area contributed by atoms with Crippen molar-refractivity contribution in [1.29, 1.82) is 0 Å². The molecule has 0 spiro atoms. The summed E-state index contributed by atoms with van der Waals surface area (Å²) >= 11 is 2.54. The molecule has 1 aliphatic rings. The Morgan fingerprint density at radius 2 is 1.90 bits per heavy atom. The number of benzene rings is 1. The quantitative estimate of drug-likeness (QED) is 0.523. The van der Waals surface area contributed by atoms with Gasteiger partial charge >= 0.3 is 0 Å². The molecule has 7 nitrogen and oxygen atoms in total. The summed E-state index contributed by atoms with van der Waals surface area (Å²) in [7, 11) is -3.46. The van der Waals surface area contributed by atoms with E-state index in [1.807, 2.05) is 6.26 Å². The number of nitrogens with zero attached hydrogens (tertiary/aromatic N) is 3. The molecule has 31 heavy (non-hydrogen) atoms. The largest absolute Gasteiger partial charge is 0.346 e. The fourth-order valence-electron chi connectivity index (χ4n) is 3.38. The number of rotatable bonds is 7. The second-order valence-corrected chi connectivity index (χ2v) is 11.1. The molecule has 4 rings (SSSR count). The van der Waals surface area contributed by atoms with Crippen LogP contribution in [0.2, 0.25) is 0 Å². The minimum Gasteiger partial charge on any atom is -0.346 e. The number of amides is 1. The van der Waals surface area contributed by atoms with Gasteiger partial charge in [0.15, 0.2) is 5.16 Å². The fourth-order valence-corrected chi connectivity index (χ4v) is 6.90. The number of hydrogen-bond acceptors (Lipinski definition) is 6. The van der Waals surface area contributed by atoms with E-state index in [4.69, 9.17) is 0 Å². The molecule has 0 atom stereocenters. The molecule has 0 radical (unpaired) electrons. The van der Waals surface area contributed by atoms with Crippen LogP contribution in [0.3, 0.4) is 0 Å². The van der Waals surface area contributed by atoms with Crippen LogP contribution >= 0.6 is 23.1 Å². The Labute approximate surface area is 188 Å². The molecule has 0 bridgehead atoms. The van der Waals surface area contributed by atoms with Crippen LogP contribution in [0, 0.1) is 5.82 Å². The number of imidazole rings is 1. The minimum absolute atomic E-state index is 0.197. The first-order valence-corrected chi connectivity index (χ1v) is 13.1. The molecular formula is C20H21FN4O3S3. The van der Waals surface area contributed by atoms with Gasteiger partial charge in [-0.25, -0.2) is 17.8 Å². The van der Waals surface area contributed by atoms with Gasteiger partial charge in [0.1, 0.15) is 15.7 Å². The van der Waals surface area contributed by atoms with Crippen molar-refractivity contribution in [3.63, 3.8) is 0 Å². The molecule has 1 fully saturated rings. The number of nitrogens with one attached hydrogen (secondary N) is 1. The third-order valence-electron chi connectivity index (χ3n) is 4.95. The maximum Gasteiger partial charge on any atom is 0.270 e. The summed E-state index contributed by atoms with van der Waals surface area (Å²) in [4.78, 5) is 17.9. The van der Waals surface area contributed by atoms with Crippen molar-refractivity contribution in [2.45, 2.75) is 28.8 Å². The summed E-state index contributed by atoms with van der Waals surface area (Å²) in [6.07, 6.45) is 5.08. The topological polar surface area (TPSA) is 84.3 Å². The zero-order valence-electron chi connectivity index (χ0n) is 16.7. The maximum atomic E-state index is 13.3. The maximum absolute atomic E-state index is 13.3. The highest BCUT2D eigenvalue weighted by molar-refractivity contribution is 7.98. The van der Waals surface area contributed by atoms with Crippen LogP contribution < -0.4 is 5.32 Å². The van der Waals surface area contributed by atoms with Crippen LogP contribution in [0.4, 0.5) is 4.39 Å². The van der Waals surface area contributed by atoms with Crippen LogP contribution in [0.25, 0.3) is 5.69 Å². The molecule has 11 heteroatoms. The Kier molecular flexibility index (Phi) is 6.47. The van der Waals surface area contributed by atoms with E-state index in [0.717, 1.165) is 29.1 Å². The van der Waals surface area contributed by atoms with Crippen molar-refractivity contribution >= 4 is 39.0 Å². The Bertz CT molecular complexity index is 1180. The Morgan fingerprint density at radius 3 is 2.58 bits per heavy atom. The molecule has 3 heterocycles. The summed E-state index contributed by atoms with van der Waals surface area (Å²) in [5.74, 6) is -0.715. The number of sulfonamides is 1. The Morgan fingerprint density at radius 1 is 1.19 bits per heavy atom. The first kappa shape index (κ1) is 22.0. The number of halogens is 1. The predicted molar refractivity (Wildman–Crippen MR) is 119 cm³/mol. The van der Waals surface area contributed by atoms with E-state index in [0.29, 0.717) is 33.8 Å². The highest BCUT2D eigenvalue weighted by atomic mass is 32.2. The number of thioether (sulfide) groups is 1. The van der Waals surface area contributed by atoms with Gasteiger partial charge in [-0.1, -0.05) is 11.8 Å². The number of hydrogen-bond donors (Lipinski definition) is 1. The van der Waals surface area contributed by atoms with Gasteiger partial charge in [0, 0.05) is 23.7 Å². The monoisotopic (exact) mass is 480 g/mol. The van der Waals surface area contributed by atoms with Crippen LogP contribution in [0.15, 0.2) is 52.0 Å². The van der Waals surface area contributed by atoms with Gasteiger partial charge in [0.25, 0.3) is 15.9 Å². The summed E-state index contributed by atoms with van der Waals surface area (Å²) in [5, 5.41) is 3.43. The van der Waals surface area contributed by atoms with Gasteiger partial charge in [-0.15, -0.1) is 11.3 Å². The van der Waals surface area contributed by atoms with Gasteiger partial charge in [-0.2, -0.15) is 4.31 Å². The van der Waals surface area contributed by atoms with Crippen LogP contribution in [-0.4, -0.2) is 47.5 Å². The molecule has 164 valence electrons. The third-order valence-corrected chi connectivity index (χ3v) is 9.05. The molecule has 3 aromatic rings. The highest BCUT2D eigenvalue weighted by Crippen LogP contribution is 2.27. The lowest BCUT2D eigenvalue weighted by Crippen LogP contribution is -2.27. The molecule has 0 aliphatic carbocycles. The van der Waals surface area contributed by atoms with Crippen molar-refractivity contribution in [2.24, 2.45) is 0 Å². The lowest BCUT2D eigenvalue weighted by Gasteiger charge is -2.13. The van der Waals surface area contributed by atoms with Gasteiger partial charge in [0.2, 0.25) is 0 Å². The Hall–Kier alpha value is -2.21. The molecule has 1 aliphatic heterocycles. The first-order chi connectivity index (χ1) is 14.9. The number of carbonyl (C=O) groups is 1. The number of thiophene rings is 1. The highest BCUT2D eigenvalue weighted by Gasteiger charge is 2.28. The van der Waals surface area contributed by atoms with Crippen molar-refractivity contribution in [3.8, 4) is 5.69 Å². The second-order valence-electron chi connectivity index (χ2n) is 6.96. The summed E-state index contributed by atoms with van der Waals surface area (Å²) in [5.41, 5.74) is 0.945. The van der Waals surface area contributed by atoms with Gasteiger partial charge < -0.3 is 5.32 Å². The lowest BCUT2D eigenvalue weighted by atomic mass is 10.3. The average Bonchev–Trinajstić information content (AvgIpc) is 3.53. The predicted octanol–water partition coefficient (Wildman–Crippen LogP) is 3.51. The van der Waals surface area contributed by atoms with Gasteiger partial charge in [0.05, 0.1) is 12.7 Å². The zero-order chi connectivity index (χ0) is 22.0. The second kappa shape index (κ2) is 9.11.